The number of hydrogen-bond acceptors (Lipinski definition) is 2. The van der Waals surface area contributed by atoms with Crippen LogP contribution in [0.3, 0.4) is 0 Å². The van der Waals surface area contributed by atoms with Crippen molar-refractivity contribution in [3.05, 3.63) is 70.6 Å². The molecule has 21 heavy (non-hydrogen) atoms. The molecule has 2 aromatic carbocycles. The van der Waals surface area contributed by atoms with Gasteiger partial charge < -0.3 is 9.40 Å². The second kappa shape index (κ2) is 4.35. The molecule has 3 nitrogen and oxygen atoms in total. The molecule has 4 rings (SSSR count). The maximum atomic E-state index is 12.2. The molecule has 0 amide bonds. The van der Waals surface area contributed by atoms with Crippen LogP contribution in [0.4, 0.5) is 0 Å². The fourth-order valence-electron chi connectivity index (χ4n) is 2.89. The quantitative estimate of drug-likeness (QED) is 0.528. The number of rotatable bonds is 1. The van der Waals surface area contributed by atoms with Crippen LogP contribution in [-0.2, 0) is 0 Å². The molecule has 0 fully saturated rings. The largest absolute Gasteiger partial charge is 0.421 e. The van der Waals surface area contributed by atoms with Crippen molar-refractivity contribution in [3.63, 3.8) is 0 Å². The van der Waals surface area contributed by atoms with Gasteiger partial charge in [-0.1, -0.05) is 48.5 Å². The van der Waals surface area contributed by atoms with Crippen molar-refractivity contribution < 1.29 is 4.42 Å². The van der Waals surface area contributed by atoms with Gasteiger partial charge in [0.25, 0.3) is 0 Å². The van der Waals surface area contributed by atoms with Crippen molar-refractivity contribution in [1.82, 2.24) is 4.98 Å². The predicted molar refractivity (Wildman–Crippen MR) is 84.5 cm³/mol. The van der Waals surface area contributed by atoms with Crippen LogP contribution in [0, 0.1) is 6.92 Å². The molecule has 0 atom stereocenters. The average Bonchev–Trinajstić information content (AvgIpc) is 2.87. The Morgan fingerprint density at radius 1 is 0.952 bits per heavy atom. The summed E-state index contributed by atoms with van der Waals surface area (Å²) in [5.41, 5.74) is 3.93. The third-order valence-electron chi connectivity index (χ3n) is 3.88. The summed E-state index contributed by atoms with van der Waals surface area (Å²) in [5.74, 6) is 0. The summed E-state index contributed by atoms with van der Waals surface area (Å²) in [7, 11) is 0. The summed E-state index contributed by atoms with van der Waals surface area (Å²) < 4.78 is 5.39. The highest BCUT2D eigenvalue weighted by Gasteiger charge is 2.15. The van der Waals surface area contributed by atoms with Crippen LogP contribution >= 0.6 is 0 Å². The molecule has 0 aliphatic carbocycles. The van der Waals surface area contributed by atoms with Gasteiger partial charge in [-0.2, -0.15) is 0 Å². The molecule has 0 saturated heterocycles. The summed E-state index contributed by atoms with van der Waals surface area (Å²) in [4.78, 5) is 15.4. The van der Waals surface area contributed by atoms with Crippen molar-refractivity contribution in [2.45, 2.75) is 6.92 Å². The van der Waals surface area contributed by atoms with E-state index in [2.05, 4.69) is 4.98 Å². The molecular weight excluding hydrogens is 262 g/mol. The van der Waals surface area contributed by atoms with Gasteiger partial charge in [-0.05, 0) is 24.1 Å². The lowest BCUT2D eigenvalue weighted by molar-refractivity contribution is 0.568. The predicted octanol–water partition coefficient (Wildman–Crippen LogP) is 4.25. The van der Waals surface area contributed by atoms with Gasteiger partial charge in [-0.15, -0.1) is 0 Å². The standard InChI is InChI=1S/C18H13NO2/c1-11-15-13-9-5-6-10-14(13)21-18(20)17(15)19-16(11)12-7-3-2-4-8-12/h2-10,19H,1H3. The fraction of sp³-hybridized carbons (Fsp3) is 0.0556. The van der Waals surface area contributed by atoms with E-state index in [9.17, 15) is 4.79 Å². The van der Waals surface area contributed by atoms with Crippen LogP contribution in [0.2, 0.25) is 0 Å². The van der Waals surface area contributed by atoms with Gasteiger partial charge in [0.15, 0.2) is 0 Å². The zero-order valence-corrected chi connectivity index (χ0v) is 11.5. The van der Waals surface area contributed by atoms with E-state index < -0.39 is 0 Å². The molecule has 0 radical (unpaired) electrons. The van der Waals surface area contributed by atoms with Crippen molar-refractivity contribution in [1.29, 1.82) is 0 Å². The highest BCUT2D eigenvalue weighted by atomic mass is 16.4. The average molecular weight is 275 g/mol. The molecular formula is C18H13NO2. The maximum Gasteiger partial charge on any atom is 0.360 e. The molecule has 3 heteroatoms. The first-order valence-electron chi connectivity index (χ1n) is 6.85. The first kappa shape index (κ1) is 12.0. The van der Waals surface area contributed by atoms with Gasteiger partial charge in [-0.3, -0.25) is 0 Å². The maximum absolute atomic E-state index is 12.2. The molecule has 0 spiro atoms. The molecule has 0 aliphatic heterocycles. The monoisotopic (exact) mass is 275 g/mol. The zero-order valence-electron chi connectivity index (χ0n) is 11.5. The molecule has 102 valence electrons. The van der Waals surface area contributed by atoms with E-state index in [4.69, 9.17) is 4.42 Å². The summed E-state index contributed by atoms with van der Waals surface area (Å²) in [6.45, 7) is 2.03. The molecule has 0 bridgehead atoms. The Labute approximate surface area is 120 Å². The normalized spacial score (nSPS) is 11.3. The molecule has 0 unspecified atom stereocenters. The minimum Gasteiger partial charge on any atom is -0.421 e. The summed E-state index contributed by atoms with van der Waals surface area (Å²) in [5, 5.41) is 1.91. The number of aromatic amines is 1. The van der Waals surface area contributed by atoms with E-state index in [0.717, 1.165) is 27.6 Å². The number of hydrogen-bond donors (Lipinski definition) is 1. The smallest absolute Gasteiger partial charge is 0.360 e. The summed E-state index contributed by atoms with van der Waals surface area (Å²) >= 11 is 0. The third kappa shape index (κ3) is 1.71. The van der Waals surface area contributed by atoms with Crippen LogP contribution in [0.15, 0.2) is 63.8 Å². The Morgan fingerprint density at radius 2 is 1.67 bits per heavy atom. The Kier molecular flexibility index (Phi) is 2.48. The number of aryl methyl sites for hydroxylation is 1. The van der Waals surface area contributed by atoms with Crippen molar-refractivity contribution in [2.24, 2.45) is 0 Å². The summed E-state index contributed by atoms with van der Waals surface area (Å²) in [6, 6.07) is 17.6. The fourth-order valence-corrected chi connectivity index (χ4v) is 2.89. The lowest BCUT2D eigenvalue weighted by atomic mass is 10.0. The number of aromatic nitrogens is 1. The molecule has 2 aromatic heterocycles. The second-order valence-electron chi connectivity index (χ2n) is 5.13. The molecule has 2 heterocycles. The van der Waals surface area contributed by atoms with Crippen LogP contribution in [-0.4, -0.2) is 4.98 Å². The molecule has 4 aromatic rings. The van der Waals surface area contributed by atoms with Gasteiger partial charge in [0, 0.05) is 16.5 Å². The lowest BCUT2D eigenvalue weighted by Crippen LogP contribution is -1.99. The number of nitrogens with one attached hydrogen (secondary N) is 1. The SMILES string of the molecule is Cc1c(-c2ccccc2)[nH]c2c(=O)oc3ccccc3c12. The topological polar surface area (TPSA) is 46.0 Å². The lowest BCUT2D eigenvalue weighted by Gasteiger charge is -2.00. The highest BCUT2D eigenvalue weighted by Crippen LogP contribution is 2.32. The summed E-state index contributed by atoms with van der Waals surface area (Å²) in [6.07, 6.45) is 0. The van der Waals surface area contributed by atoms with E-state index in [1.807, 2.05) is 61.5 Å². The molecule has 1 N–H and O–H groups in total. The van der Waals surface area contributed by atoms with E-state index in [-0.39, 0.29) is 5.63 Å². The van der Waals surface area contributed by atoms with Crippen LogP contribution < -0.4 is 5.63 Å². The first-order chi connectivity index (χ1) is 10.3. The zero-order chi connectivity index (χ0) is 14.4. The van der Waals surface area contributed by atoms with Crippen molar-refractivity contribution >= 4 is 21.9 Å². The molecule has 0 saturated carbocycles. The van der Waals surface area contributed by atoms with Crippen LogP contribution in [0.25, 0.3) is 33.1 Å². The van der Waals surface area contributed by atoms with Crippen molar-refractivity contribution in [2.75, 3.05) is 0 Å². The minimum absolute atomic E-state index is 0.325. The minimum atomic E-state index is -0.325. The third-order valence-corrected chi connectivity index (χ3v) is 3.88. The van der Waals surface area contributed by atoms with Crippen LogP contribution in [0.5, 0.6) is 0 Å². The molecule has 0 aliphatic rings. The Bertz CT molecular complexity index is 1010. The first-order valence-corrected chi connectivity index (χ1v) is 6.85. The Hall–Kier alpha value is -2.81. The number of H-pyrrole nitrogens is 1. The number of fused-ring (bicyclic) bond motifs is 3. The van der Waals surface area contributed by atoms with E-state index in [1.54, 1.807) is 0 Å². The Balaban J connectivity index is 2.18. The number of benzene rings is 2. The van der Waals surface area contributed by atoms with Gasteiger partial charge in [0.1, 0.15) is 11.1 Å². The van der Waals surface area contributed by atoms with Gasteiger partial charge in [0.05, 0.1) is 0 Å². The van der Waals surface area contributed by atoms with Gasteiger partial charge in [0.2, 0.25) is 0 Å². The second-order valence-corrected chi connectivity index (χ2v) is 5.13. The van der Waals surface area contributed by atoms with Crippen LogP contribution in [0.1, 0.15) is 5.56 Å². The van der Waals surface area contributed by atoms with Gasteiger partial charge >= 0.3 is 5.63 Å². The Morgan fingerprint density at radius 3 is 2.48 bits per heavy atom. The van der Waals surface area contributed by atoms with E-state index in [1.165, 1.54) is 0 Å². The van der Waals surface area contributed by atoms with E-state index in [0.29, 0.717) is 11.1 Å². The highest BCUT2D eigenvalue weighted by molar-refractivity contribution is 6.07. The van der Waals surface area contributed by atoms with Crippen molar-refractivity contribution in [3.8, 4) is 11.3 Å². The number of para-hydroxylation sites is 1. The van der Waals surface area contributed by atoms with Gasteiger partial charge in [-0.25, -0.2) is 4.79 Å². The van der Waals surface area contributed by atoms with E-state index >= 15 is 0 Å².